The Morgan fingerprint density at radius 2 is 2.46 bits per heavy atom. The predicted octanol–water partition coefficient (Wildman–Crippen LogP) is 1.25. The Kier molecular flexibility index (Phi) is 2.66. The molecule has 0 spiro atoms. The van der Waals surface area contributed by atoms with Gasteiger partial charge in [0.2, 0.25) is 0 Å². The summed E-state index contributed by atoms with van der Waals surface area (Å²) in [5, 5.41) is 3.42. The van der Waals surface area contributed by atoms with Gasteiger partial charge >= 0.3 is 0 Å². The second-order valence-electron chi connectivity index (χ2n) is 3.66. The second kappa shape index (κ2) is 3.94. The molecule has 1 saturated carbocycles. The minimum absolute atomic E-state index is 0.329. The summed E-state index contributed by atoms with van der Waals surface area (Å²) in [6.07, 6.45) is 5.29. The fourth-order valence-corrected chi connectivity index (χ4v) is 1.89. The van der Waals surface area contributed by atoms with Crippen molar-refractivity contribution in [1.82, 2.24) is 5.32 Å². The van der Waals surface area contributed by atoms with Crippen molar-refractivity contribution in [3.05, 3.63) is 24.2 Å². The number of nitrogens with two attached hydrogens (primary N) is 1. The second-order valence-corrected chi connectivity index (χ2v) is 3.66. The van der Waals surface area contributed by atoms with Crippen molar-refractivity contribution in [2.45, 2.75) is 37.9 Å². The molecule has 0 bridgehead atoms. The molecule has 1 aromatic heterocycles. The van der Waals surface area contributed by atoms with E-state index in [4.69, 9.17) is 10.2 Å². The van der Waals surface area contributed by atoms with E-state index in [2.05, 4.69) is 5.32 Å². The standard InChI is InChI=1S/C10H16N2O/c11-9-4-1-5-10(9)12-7-8-3-2-6-13-8/h2-3,6,9-10,12H,1,4-5,7,11H2/t9-,10+/m0/s1. The van der Waals surface area contributed by atoms with Crippen LogP contribution in [-0.4, -0.2) is 12.1 Å². The first-order valence-electron chi connectivity index (χ1n) is 4.87. The van der Waals surface area contributed by atoms with Crippen LogP contribution in [0.5, 0.6) is 0 Å². The van der Waals surface area contributed by atoms with Gasteiger partial charge in [-0.15, -0.1) is 0 Å². The van der Waals surface area contributed by atoms with Crippen molar-refractivity contribution >= 4 is 0 Å². The van der Waals surface area contributed by atoms with Crippen LogP contribution in [0.4, 0.5) is 0 Å². The molecule has 3 heteroatoms. The van der Waals surface area contributed by atoms with Crippen LogP contribution >= 0.6 is 0 Å². The number of nitrogens with one attached hydrogen (secondary N) is 1. The predicted molar refractivity (Wildman–Crippen MR) is 51.2 cm³/mol. The molecule has 3 N–H and O–H groups in total. The summed E-state index contributed by atoms with van der Waals surface area (Å²) in [7, 11) is 0. The zero-order valence-corrected chi connectivity index (χ0v) is 7.70. The maximum Gasteiger partial charge on any atom is 0.117 e. The number of hydrogen-bond acceptors (Lipinski definition) is 3. The minimum Gasteiger partial charge on any atom is -0.468 e. The van der Waals surface area contributed by atoms with Gasteiger partial charge in [-0.05, 0) is 25.0 Å². The molecule has 2 rings (SSSR count). The van der Waals surface area contributed by atoms with Crippen molar-refractivity contribution in [1.29, 1.82) is 0 Å². The lowest BCUT2D eigenvalue weighted by molar-refractivity contribution is 0.426. The first kappa shape index (κ1) is 8.78. The molecule has 0 radical (unpaired) electrons. The summed E-state index contributed by atoms with van der Waals surface area (Å²) in [6, 6.07) is 4.69. The lowest BCUT2D eigenvalue weighted by Crippen LogP contribution is -2.40. The van der Waals surface area contributed by atoms with Crippen molar-refractivity contribution < 1.29 is 4.42 Å². The fourth-order valence-electron chi connectivity index (χ4n) is 1.89. The van der Waals surface area contributed by atoms with E-state index in [0.717, 1.165) is 18.7 Å². The Hall–Kier alpha value is -0.800. The third kappa shape index (κ3) is 2.11. The molecule has 1 fully saturated rings. The summed E-state index contributed by atoms with van der Waals surface area (Å²) in [4.78, 5) is 0. The summed E-state index contributed by atoms with van der Waals surface area (Å²) >= 11 is 0. The zero-order valence-electron chi connectivity index (χ0n) is 7.70. The van der Waals surface area contributed by atoms with E-state index in [1.807, 2.05) is 12.1 Å². The van der Waals surface area contributed by atoms with Crippen molar-refractivity contribution in [2.75, 3.05) is 0 Å². The molecule has 0 aliphatic heterocycles. The van der Waals surface area contributed by atoms with Gasteiger partial charge in [-0.2, -0.15) is 0 Å². The minimum atomic E-state index is 0.329. The van der Waals surface area contributed by atoms with Gasteiger partial charge in [0.05, 0.1) is 12.8 Å². The van der Waals surface area contributed by atoms with Gasteiger partial charge in [0.1, 0.15) is 5.76 Å². The Morgan fingerprint density at radius 3 is 3.08 bits per heavy atom. The first-order chi connectivity index (χ1) is 6.36. The summed E-state index contributed by atoms with van der Waals surface area (Å²) in [5.41, 5.74) is 5.93. The number of hydrogen-bond donors (Lipinski definition) is 2. The van der Waals surface area contributed by atoms with E-state index in [1.165, 1.54) is 12.8 Å². The van der Waals surface area contributed by atoms with Crippen molar-refractivity contribution in [3.8, 4) is 0 Å². The van der Waals surface area contributed by atoms with Gasteiger partial charge in [-0.1, -0.05) is 6.42 Å². The third-order valence-electron chi connectivity index (χ3n) is 2.69. The molecule has 72 valence electrons. The molecule has 1 heterocycles. The SMILES string of the molecule is N[C@H]1CCC[C@H]1NCc1ccco1. The summed E-state index contributed by atoms with van der Waals surface area (Å²) in [6.45, 7) is 0.797. The highest BCUT2D eigenvalue weighted by Crippen LogP contribution is 2.17. The Balaban J connectivity index is 1.79. The van der Waals surface area contributed by atoms with Gasteiger partial charge in [0, 0.05) is 12.1 Å². The molecular formula is C10H16N2O. The zero-order chi connectivity index (χ0) is 9.10. The van der Waals surface area contributed by atoms with Crippen LogP contribution in [0, 0.1) is 0 Å². The fraction of sp³-hybridized carbons (Fsp3) is 0.600. The van der Waals surface area contributed by atoms with Crippen LogP contribution in [-0.2, 0) is 6.54 Å². The number of rotatable bonds is 3. The Bertz CT molecular complexity index is 245. The highest BCUT2D eigenvalue weighted by Gasteiger charge is 2.22. The van der Waals surface area contributed by atoms with E-state index >= 15 is 0 Å². The highest BCUT2D eigenvalue weighted by molar-refractivity contribution is 4.98. The van der Waals surface area contributed by atoms with Crippen LogP contribution in [0.3, 0.4) is 0 Å². The maximum atomic E-state index is 5.93. The van der Waals surface area contributed by atoms with Gasteiger partial charge in [-0.3, -0.25) is 0 Å². The Morgan fingerprint density at radius 1 is 1.54 bits per heavy atom. The quantitative estimate of drug-likeness (QED) is 0.736. The third-order valence-corrected chi connectivity index (χ3v) is 2.69. The lowest BCUT2D eigenvalue weighted by atomic mass is 10.2. The molecule has 1 aliphatic rings. The van der Waals surface area contributed by atoms with E-state index in [9.17, 15) is 0 Å². The van der Waals surface area contributed by atoms with E-state index in [-0.39, 0.29) is 0 Å². The molecule has 0 saturated heterocycles. The first-order valence-corrected chi connectivity index (χ1v) is 4.87. The molecule has 13 heavy (non-hydrogen) atoms. The summed E-state index contributed by atoms with van der Waals surface area (Å²) < 4.78 is 5.23. The normalized spacial score (nSPS) is 28.1. The van der Waals surface area contributed by atoms with E-state index in [1.54, 1.807) is 6.26 Å². The van der Waals surface area contributed by atoms with Crippen molar-refractivity contribution in [2.24, 2.45) is 5.73 Å². The van der Waals surface area contributed by atoms with Crippen LogP contribution in [0.2, 0.25) is 0 Å². The molecule has 2 atom stereocenters. The van der Waals surface area contributed by atoms with Gasteiger partial charge in [0.25, 0.3) is 0 Å². The van der Waals surface area contributed by atoms with Crippen LogP contribution in [0.15, 0.2) is 22.8 Å². The van der Waals surface area contributed by atoms with Crippen LogP contribution < -0.4 is 11.1 Å². The topological polar surface area (TPSA) is 51.2 Å². The smallest absolute Gasteiger partial charge is 0.117 e. The maximum absolute atomic E-state index is 5.93. The number of furan rings is 1. The van der Waals surface area contributed by atoms with Gasteiger partial charge in [-0.25, -0.2) is 0 Å². The molecular weight excluding hydrogens is 164 g/mol. The highest BCUT2D eigenvalue weighted by atomic mass is 16.3. The van der Waals surface area contributed by atoms with Crippen LogP contribution in [0.25, 0.3) is 0 Å². The van der Waals surface area contributed by atoms with Crippen LogP contribution in [0.1, 0.15) is 25.0 Å². The van der Waals surface area contributed by atoms with Gasteiger partial charge < -0.3 is 15.5 Å². The van der Waals surface area contributed by atoms with E-state index < -0.39 is 0 Å². The molecule has 1 aliphatic carbocycles. The largest absolute Gasteiger partial charge is 0.468 e. The molecule has 0 unspecified atom stereocenters. The molecule has 0 amide bonds. The average Bonchev–Trinajstić information content (AvgIpc) is 2.72. The Labute approximate surface area is 78.3 Å². The van der Waals surface area contributed by atoms with E-state index in [0.29, 0.717) is 12.1 Å². The molecule has 1 aromatic rings. The average molecular weight is 180 g/mol. The molecule has 0 aromatic carbocycles. The summed E-state index contributed by atoms with van der Waals surface area (Å²) in [5.74, 6) is 0.985. The lowest BCUT2D eigenvalue weighted by Gasteiger charge is -2.15. The molecule has 3 nitrogen and oxygen atoms in total. The van der Waals surface area contributed by atoms with Crippen molar-refractivity contribution in [3.63, 3.8) is 0 Å². The monoisotopic (exact) mass is 180 g/mol. The van der Waals surface area contributed by atoms with Gasteiger partial charge in [0.15, 0.2) is 0 Å².